The number of nitrogens with zero attached hydrogens (tertiary/aromatic N) is 1. The van der Waals surface area contributed by atoms with Gasteiger partial charge in [0.15, 0.2) is 0 Å². The van der Waals surface area contributed by atoms with Crippen molar-refractivity contribution in [1.82, 2.24) is 9.62 Å². The zero-order valence-electron chi connectivity index (χ0n) is 9.13. The smallest absolute Gasteiger partial charge is 0.237 e. The summed E-state index contributed by atoms with van der Waals surface area (Å²) in [5, 5.41) is 0. The zero-order chi connectivity index (χ0) is 12.2. The third kappa shape index (κ3) is 4.45. The minimum atomic E-state index is -3.34. The third-order valence-corrected chi connectivity index (χ3v) is 2.55. The first-order valence-electron chi connectivity index (χ1n) is 4.59. The minimum absolute atomic E-state index is 0.240. The van der Waals surface area contributed by atoms with Gasteiger partial charge in [0.05, 0.1) is 25.6 Å². The van der Waals surface area contributed by atoms with Crippen molar-refractivity contribution in [3.8, 4) is 0 Å². The van der Waals surface area contributed by atoms with Gasteiger partial charge in [-0.15, -0.1) is 0 Å². The Balaban J connectivity index is 2.42. The van der Waals surface area contributed by atoms with Crippen LogP contribution in [-0.2, 0) is 21.4 Å². The molecule has 0 saturated carbocycles. The number of amides is 1. The van der Waals surface area contributed by atoms with Gasteiger partial charge in [-0.1, -0.05) is 0 Å². The topological polar surface area (TPSA) is 79.6 Å². The van der Waals surface area contributed by atoms with Gasteiger partial charge >= 0.3 is 0 Å². The highest BCUT2D eigenvalue weighted by Gasteiger charge is 2.12. The van der Waals surface area contributed by atoms with Crippen LogP contribution in [0.15, 0.2) is 22.8 Å². The molecule has 1 N–H and O–H groups in total. The number of carbonyl (C=O) groups is 1. The van der Waals surface area contributed by atoms with Crippen LogP contribution in [0.1, 0.15) is 5.76 Å². The first-order chi connectivity index (χ1) is 7.38. The normalized spacial score (nSPS) is 11.4. The van der Waals surface area contributed by atoms with Gasteiger partial charge in [0.25, 0.3) is 0 Å². The van der Waals surface area contributed by atoms with E-state index in [9.17, 15) is 13.2 Å². The van der Waals surface area contributed by atoms with Gasteiger partial charge in [-0.2, -0.15) is 0 Å². The first-order valence-corrected chi connectivity index (χ1v) is 6.48. The number of sulfonamides is 1. The molecule has 1 heterocycles. The van der Waals surface area contributed by atoms with Gasteiger partial charge < -0.3 is 9.32 Å². The molecule has 0 unspecified atom stereocenters. The largest absolute Gasteiger partial charge is 0.467 e. The third-order valence-electron chi connectivity index (χ3n) is 1.88. The Hall–Kier alpha value is -1.34. The van der Waals surface area contributed by atoms with E-state index >= 15 is 0 Å². The Morgan fingerprint density at radius 3 is 2.75 bits per heavy atom. The van der Waals surface area contributed by atoms with E-state index < -0.39 is 10.0 Å². The van der Waals surface area contributed by atoms with Crippen molar-refractivity contribution < 1.29 is 17.6 Å². The van der Waals surface area contributed by atoms with Crippen molar-refractivity contribution in [3.63, 3.8) is 0 Å². The highest BCUT2D eigenvalue weighted by molar-refractivity contribution is 7.88. The standard InChI is InChI=1S/C9H14N2O4S/c1-11(7-8-4-3-5-15-8)9(12)6-10-16(2,13)14/h3-5,10H,6-7H2,1-2H3. The van der Waals surface area contributed by atoms with Crippen molar-refractivity contribution in [1.29, 1.82) is 0 Å². The molecule has 0 aromatic carbocycles. The Labute approximate surface area is 94.3 Å². The Bertz CT molecular complexity index is 438. The number of furan rings is 1. The van der Waals surface area contributed by atoms with E-state index in [1.807, 2.05) is 0 Å². The van der Waals surface area contributed by atoms with Crippen molar-refractivity contribution in [2.24, 2.45) is 0 Å². The molecule has 1 aromatic rings. The van der Waals surface area contributed by atoms with Gasteiger partial charge in [-0.3, -0.25) is 4.79 Å². The molecule has 0 atom stereocenters. The molecule has 6 nitrogen and oxygen atoms in total. The Kier molecular flexibility index (Phi) is 4.08. The van der Waals surface area contributed by atoms with E-state index in [0.717, 1.165) is 6.26 Å². The summed E-state index contributed by atoms with van der Waals surface area (Å²) in [6.07, 6.45) is 2.52. The number of hydrogen-bond donors (Lipinski definition) is 1. The Morgan fingerprint density at radius 1 is 1.56 bits per heavy atom. The first kappa shape index (κ1) is 12.7. The highest BCUT2D eigenvalue weighted by atomic mass is 32.2. The molecular formula is C9H14N2O4S. The number of hydrogen-bond acceptors (Lipinski definition) is 4. The predicted molar refractivity (Wildman–Crippen MR) is 58.0 cm³/mol. The molecule has 0 aliphatic rings. The molecule has 0 radical (unpaired) electrons. The summed E-state index contributed by atoms with van der Waals surface area (Å²) in [4.78, 5) is 12.9. The summed E-state index contributed by atoms with van der Waals surface area (Å²) in [6.45, 7) is 0.0767. The molecule has 0 bridgehead atoms. The maximum absolute atomic E-state index is 11.5. The second-order valence-corrected chi connectivity index (χ2v) is 5.26. The van der Waals surface area contributed by atoms with Crippen LogP contribution in [0.2, 0.25) is 0 Å². The average molecular weight is 246 g/mol. The predicted octanol–water partition coefficient (Wildman–Crippen LogP) is -0.213. The van der Waals surface area contributed by atoms with Gasteiger partial charge in [0.1, 0.15) is 5.76 Å². The summed E-state index contributed by atoms with van der Waals surface area (Å²) in [5.41, 5.74) is 0. The molecule has 1 aromatic heterocycles. The maximum atomic E-state index is 11.5. The second-order valence-electron chi connectivity index (χ2n) is 3.42. The molecule has 1 amide bonds. The average Bonchev–Trinajstić information content (AvgIpc) is 2.65. The lowest BCUT2D eigenvalue weighted by Gasteiger charge is -2.15. The molecule has 16 heavy (non-hydrogen) atoms. The summed E-state index contributed by atoms with van der Waals surface area (Å²) < 4.78 is 28.7. The van der Waals surface area contributed by atoms with Crippen LogP contribution in [0.3, 0.4) is 0 Å². The summed E-state index contributed by atoms with van der Waals surface area (Å²) in [5.74, 6) is 0.331. The minimum Gasteiger partial charge on any atom is -0.467 e. The number of rotatable bonds is 5. The lowest BCUT2D eigenvalue weighted by Crippen LogP contribution is -2.37. The molecule has 7 heteroatoms. The fraction of sp³-hybridized carbons (Fsp3) is 0.444. The monoisotopic (exact) mass is 246 g/mol. The van der Waals surface area contributed by atoms with E-state index in [1.54, 1.807) is 19.2 Å². The number of likely N-dealkylation sites (N-methyl/N-ethyl adjacent to an activating group) is 1. The van der Waals surface area contributed by atoms with Crippen molar-refractivity contribution >= 4 is 15.9 Å². The molecule has 0 saturated heterocycles. The number of carbonyl (C=O) groups excluding carboxylic acids is 1. The highest BCUT2D eigenvalue weighted by Crippen LogP contribution is 2.03. The molecule has 0 aliphatic carbocycles. The van der Waals surface area contributed by atoms with Crippen LogP contribution in [0.4, 0.5) is 0 Å². The fourth-order valence-electron chi connectivity index (χ4n) is 1.05. The summed E-state index contributed by atoms with van der Waals surface area (Å²) in [7, 11) is -1.76. The fourth-order valence-corrected chi connectivity index (χ4v) is 1.44. The molecule has 90 valence electrons. The lowest BCUT2D eigenvalue weighted by atomic mass is 10.4. The summed E-state index contributed by atoms with van der Waals surface area (Å²) >= 11 is 0. The van der Waals surface area contributed by atoms with Crippen molar-refractivity contribution in [3.05, 3.63) is 24.2 Å². The SMILES string of the molecule is CN(Cc1ccco1)C(=O)CNS(C)(=O)=O. The van der Waals surface area contributed by atoms with Crippen LogP contribution in [0.25, 0.3) is 0 Å². The van der Waals surface area contributed by atoms with Crippen LogP contribution in [-0.4, -0.2) is 39.1 Å². The lowest BCUT2D eigenvalue weighted by molar-refractivity contribution is -0.129. The van der Waals surface area contributed by atoms with Gasteiger partial charge in [-0.05, 0) is 12.1 Å². The Morgan fingerprint density at radius 2 is 2.25 bits per heavy atom. The van der Waals surface area contributed by atoms with E-state index in [0.29, 0.717) is 12.3 Å². The molecular weight excluding hydrogens is 232 g/mol. The van der Waals surface area contributed by atoms with E-state index in [-0.39, 0.29) is 12.5 Å². The van der Waals surface area contributed by atoms with Gasteiger partial charge in [-0.25, -0.2) is 13.1 Å². The van der Waals surface area contributed by atoms with E-state index in [4.69, 9.17) is 4.42 Å². The molecule has 1 rings (SSSR count). The van der Waals surface area contributed by atoms with Crippen molar-refractivity contribution in [2.45, 2.75) is 6.54 Å². The zero-order valence-corrected chi connectivity index (χ0v) is 9.95. The van der Waals surface area contributed by atoms with Gasteiger partial charge in [0.2, 0.25) is 15.9 Å². The van der Waals surface area contributed by atoms with Crippen LogP contribution in [0.5, 0.6) is 0 Å². The van der Waals surface area contributed by atoms with Crippen LogP contribution < -0.4 is 4.72 Å². The van der Waals surface area contributed by atoms with E-state index in [2.05, 4.69) is 4.72 Å². The molecule has 0 fully saturated rings. The van der Waals surface area contributed by atoms with Crippen LogP contribution >= 0.6 is 0 Å². The maximum Gasteiger partial charge on any atom is 0.237 e. The molecule has 0 aliphatic heterocycles. The van der Waals surface area contributed by atoms with Crippen LogP contribution in [0, 0.1) is 0 Å². The summed E-state index contributed by atoms with van der Waals surface area (Å²) in [6, 6.07) is 3.47. The molecule has 0 spiro atoms. The number of nitrogens with one attached hydrogen (secondary N) is 1. The van der Waals surface area contributed by atoms with E-state index in [1.165, 1.54) is 11.2 Å². The quantitative estimate of drug-likeness (QED) is 0.779. The van der Waals surface area contributed by atoms with Gasteiger partial charge in [0, 0.05) is 7.05 Å². The van der Waals surface area contributed by atoms with Crippen molar-refractivity contribution in [2.75, 3.05) is 19.8 Å². The second kappa shape index (κ2) is 5.13.